The molecule has 1 aliphatic heterocycles. The highest BCUT2D eigenvalue weighted by atomic mass is 32.2. The average Bonchev–Trinajstić information content (AvgIpc) is 3.14. The normalized spacial score (nSPS) is 19.3. The minimum Gasteiger partial charge on any atom is -0.457 e. The molecular formula is C19H24N4O2S. The van der Waals surface area contributed by atoms with Crippen LogP contribution in [0.25, 0.3) is 0 Å². The molecule has 1 fully saturated rings. The molecule has 0 saturated carbocycles. The van der Waals surface area contributed by atoms with Crippen molar-refractivity contribution >= 4 is 23.5 Å². The molecule has 0 bridgehead atoms. The number of benzene rings is 2. The number of rotatable bonds is 8. The molecule has 1 aliphatic rings. The van der Waals surface area contributed by atoms with Crippen molar-refractivity contribution in [3.05, 3.63) is 54.6 Å². The van der Waals surface area contributed by atoms with Crippen molar-refractivity contribution in [1.29, 1.82) is 0 Å². The van der Waals surface area contributed by atoms with Crippen LogP contribution in [-0.4, -0.2) is 36.8 Å². The van der Waals surface area contributed by atoms with Gasteiger partial charge < -0.3 is 21.1 Å². The highest BCUT2D eigenvalue weighted by Gasteiger charge is 2.29. The highest BCUT2D eigenvalue weighted by molar-refractivity contribution is 7.97. The number of para-hydroxylation sites is 1. The smallest absolute Gasteiger partial charge is 0.241 e. The molecule has 1 heterocycles. The third-order valence-electron chi connectivity index (χ3n) is 4.02. The first-order valence-corrected chi connectivity index (χ1v) is 9.68. The predicted molar refractivity (Wildman–Crippen MR) is 106 cm³/mol. The van der Waals surface area contributed by atoms with Gasteiger partial charge in [0, 0.05) is 30.6 Å². The second-order valence-corrected chi connectivity index (χ2v) is 7.01. The lowest BCUT2D eigenvalue weighted by molar-refractivity contribution is -0.117. The molecule has 2 unspecified atom stereocenters. The lowest BCUT2D eigenvalue weighted by Gasteiger charge is -2.13. The molecule has 1 amide bonds. The molecule has 7 heteroatoms. The molecule has 3 rings (SSSR count). The summed E-state index contributed by atoms with van der Waals surface area (Å²) in [6.45, 7) is 1.42. The highest BCUT2D eigenvalue weighted by Crippen LogP contribution is 2.23. The Hall–Kier alpha value is -2.06. The zero-order chi connectivity index (χ0) is 18.2. The number of nitrogens with one attached hydrogen (secondary N) is 3. The van der Waals surface area contributed by atoms with E-state index in [9.17, 15) is 4.79 Å². The zero-order valence-electron chi connectivity index (χ0n) is 14.5. The minimum absolute atomic E-state index is 0.0187. The van der Waals surface area contributed by atoms with Gasteiger partial charge in [0.15, 0.2) is 0 Å². The van der Waals surface area contributed by atoms with Gasteiger partial charge in [0.25, 0.3) is 0 Å². The Bertz CT molecular complexity index is 696. The van der Waals surface area contributed by atoms with E-state index in [-0.39, 0.29) is 18.0 Å². The maximum absolute atomic E-state index is 12.4. The number of nitrogens with two attached hydrogens (primary N) is 1. The number of ether oxygens (including phenoxy) is 1. The van der Waals surface area contributed by atoms with Gasteiger partial charge in [-0.25, -0.2) is 0 Å². The van der Waals surface area contributed by atoms with E-state index >= 15 is 0 Å². The lowest BCUT2D eigenvalue weighted by Crippen LogP contribution is -2.35. The first-order chi connectivity index (χ1) is 12.7. The number of carbonyl (C=O) groups is 1. The van der Waals surface area contributed by atoms with E-state index in [4.69, 9.17) is 10.5 Å². The van der Waals surface area contributed by atoms with Crippen LogP contribution in [0.1, 0.15) is 6.42 Å². The summed E-state index contributed by atoms with van der Waals surface area (Å²) >= 11 is 1.61. The third kappa shape index (κ3) is 5.47. The summed E-state index contributed by atoms with van der Waals surface area (Å²) in [7, 11) is 0. The molecule has 0 spiro atoms. The topological polar surface area (TPSA) is 88.4 Å². The molecule has 6 nitrogen and oxygen atoms in total. The van der Waals surface area contributed by atoms with Gasteiger partial charge >= 0.3 is 0 Å². The SMILES string of the molecule is NCCSNC1CNC(C(=O)Nc2ccc(Oc3ccccc3)cc2)C1. The summed E-state index contributed by atoms with van der Waals surface area (Å²) in [5, 5.41) is 6.21. The van der Waals surface area contributed by atoms with Crippen molar-refractivity contribution in [1.82, 2.24) is 10.0 Å². The Labute approximate surface area is 158 Å². The second kappa shape index (κ2) is 9.59. The molecule has 0 aliphatic carbocycles. The second-order valence-electron chi connectivity index (χ2n) is 6.08. The fraction of sp³-hybridized carbons (Fsp3) is 0.316. The number of hydrogen-bond acceptors (Lipinski definition) is 6. The van der Waals surface area contributed by atoms with Crippen LogP contribution in [0.2, 0.25) is 0 Å². The Balaban J connectivity index is 1.47. The molecule has 5 N–H and O–H groups in total. The van der Waals surface area contributed by atoms with Gasteiger partial charge in [-0.05, 0) is 42.8 Å². The van der Waals surface area contributed by atoms with Crippen molar-refractivity contribution in [2.75, 3.05) is 24.2 Å². The van der Waals surface area contributed by atoms with Crippen LogP contribution >= 0.6 is 11.9 Å². The first-order valence-electron chi connectivity index (χ1n) is 8.69. The molecule has 0 aromatic heterocycles. The molecule has 26 heavy (non-hydrogen) atoms. The Kier molecular flexibility index (Phi) is 6.90. The van der Waals surface area contributed by atoms with E-state index in [0.717, 1.165) is 35.9 Å². The molecule has 2 aromatic carbocycles. The van der Waals surface area contributed by atoms with Crippen LogP contribution in [0, 0.1) is 0 Å². The minimum atomic E-state index is -0.189. The fourth-order valence-corrected chi connectivity index (χ4v) is 3.37. The van der Waals surface area contributed by atoms with Crippen molar-refractivity contribution < 1.29 is 9.53 Å². The van der Waals surface area contributed by atoms with Crippen molar-refractivity contribution in [3.8, 4) is 11.5 Å². The average molecular weight is 372 g/mol. The van der Waals surface area contributed by atoms with Gasteiger partial charge in [0.2, 0.25) is 5.91 Å². The number of carbonyl (C=O) groups excluding carboxylic acids is 1. The van der Waals surface area contributed by atoms with E-state index in [1.54, 1.807) is 11.9 Å². The van der Waals surface area contributed by atoms with Gasteiger partial charge in [-0.2, -0.15) is 0 Å². The van der Waals surface area contributed by atoms with E-state index in [2.05, 4.69) is 15.4 Å². The molecular weight excluding hydrogens is 348 g/mol. The summed E-state index contributed by atoms with van der Waals surface area (Å²) in [6.07, 6.45) is 0.763. The summed E-state index contributed by atoms with van der Waals surface area (Å²) < 4.78 is 9.09. The largest absolute Gasteiger partial charge is 0.457 e. The van der Waals surface area contributed by atoms with E-state index in [0.29, 0.717) is 6.54 Å². The van der Waals surface area contributed by atoms with Crippen LogP contribution in [0.5, 0.6) is 11.5 Å². The molecule has 2 aromatic rings. The molecule has 2 atom stereocenters. The van der Waals surface area contributed by atoms with Crippen molar-refractivity contribution in [2.24, 2.45) is 5.73 Å². The number of anilines is 1. The molecule has 0 radical (unpaired) electrons. The third-order valence-corrected chi connectivity index (χ3v) is 4.96. The quantitative estimate of drug-likeness (QED) is 0.420. The van der Waals surface area contributed by atoms with Crippen molar-refractivity contribution in [2.45, 2.75) is 18.5 Å². The summed E-state index contributed by atoms with van der Waals surface area (Å²) in [4.78, 5) is 12.4. The molecule has 138 valence electrons. The summed E-state index contributed by atoms with van der Waals surface area (Å²) in [6, 6.07) is 17.1. The first kappa shape index (κ1) is 18.7. The van der Waals surface area contributed by atoms with Crippen LogP contribution < -0.4 is 25.8 Å². The van der Waals surface area contributed by atoms with Crippen LogP contribution in [0.15, 0.2) is 54.6 Å². The lowest BCUT2D eigenvalue weighted by atomic mass is 10.1. The van der Waals surface area contributed by atoms with E-state index in [1.165, 1.54) is 0 Å². The zero-order valence-corrected chi connectivity index (χ0v) is 15.3. The monoisotopic (exact) mass is 372 g/mol. The number of hydrogen-bond donors (Lipinski definition) is 4. The fourth-order valence-electron chi connectivity index (χ4n) is 2.72. The Morgan fingerprint density at radius 2 is 1.88 bits per heavy atom. The van der Waals surface area contributed by atoms with Gasteiger partial charge in [-0.1, -0.05) is 30.1 Å². The number of amides is 1. The van der Waals surface area contributed by atoms with Gasteiger partial charge in [-0.3, -0.25) is 9.52 Å². The van der Waals surface area contributed by atoms with Crippen LogP contribution in [-0.2, 0) is 4.79 Å². The van der Waals surface area contributed by atoms with E-state index in [1.807, 2.05) is 54.6 Å². The molecule has 1 saturated heterocycles. The Morgan fingerprint density at radius 1 is 1.15 bits per heavy atom. The summed E-state index contributed by atoms with van der Waals surface area (Å²) in [5.74, 6) is 2.36. The van der Waals surface area contributed by atoms with Crippen molar-refractivity contribution in [3.63, 3.8) is 0 Å². The van der Waals surface area contributed by atoms with E-state index < -0.39 is 0 Å². The maximum Gasteiger partial charge on any atom is 0.241 e. The van der Waals surface area contributed by atoms with Gasteiger partial charge in [-0.15, -0.1) is 0 Å². The van der Waals surface area contributed by atoms with Gasteiger partial charge in [0.1, 0.15) is 11.5 Å². The van der Waals surface area contributed by atoms with Gasteiger partial charge in [0.05, 0.1) is 6.04 Å². The summed E-state index contributed by atoms with van der Waals surface area (Å²) in [5.41, 5.74) is 6.23. The van der Waals surface area contributed by atoms with Crippen LogP contribution in [0.4, 0.5) is 5.69 Å². The maximum atomic E-state index is 12.4. The predicted octanol–water partition coefficient (Wildman–Crippen LogP) is 2.34. The Morgan fingerprint density at radius 3 is 2.62 bits per heavy atom. The van der Waals surface area contributed by atoms with Crippen LogP contribution in [0.3, 0.4) is 0 Å². The standard InChI is InChI=1S/C19H24N4O2S/c20-10-11-26-23-15-12-18(21-13-15)19(24)22-14-6-8-17(9-7-14)25-16-4-2-1-3-5-16/h1-9,15,18,21,23H,10-13,20H2,(H,22,24).